The van der Waals surface area contributed by atoms with Crippen LogP contribution in [0.2, 0.25) is 0 Å². The number of hydrogen-bond acceptors (Lipinski definition) is 4. The second-order valence-electron chi connectivity index (χ2n) is 4.69. The van der Waals surface area contributed by atoms with Gasteiger partial charge in [-0.05, 0) is 19.0 Å². The molecule has 2 heterocycles. The van der Waals surface area contributed by atoms with Crippen molar-refractivity contribution in [2.45, 2.75) is 19.4 Å². The van der Waals surface area contributed by atoms with Gasteiger partial charge in [-0.3, -0.25) is 4.90 Å². The molecule has 0 spiro atoms. The summed E-state index contributed by atoms with van der Waals surface area (Å²) in [7, 11) is 0. The van der Waals surface area contributed by atoms with Crippen LogP contribution < -0.4 is 5.73 Å². The summed E-state index contributed by atoms with van der Waals surface area (Å²) in [5, 5.41) is 0. The van der Waals surface area contributed by atoms with Gasteiger partial charge in [0.05, 0.1) is 18.6 Å². The van der Waals surface area contributed by atoms with Gasteiger partial charge < -0.3 is 15.1 Å². The van der Waals surface area contributed by atoms with Crippen LogP contribution in [0, 0.1) is 0 Å². The van der Waals surface area contributed by atoms with E-state index in [1.165, 1.54) is 18.5 Å². The molecule has 0 bridgehead atoms. The highest BCUT2D eigenvalue weighted by Crippen LogP contribution is 2.21. The van der Waals surface area contributed by atoms with Gasteiger partial charge in [0.15, 0.2) is 0 Å². The Morgan fingerprint density at radius 3 is 2.65 bits per heavy atom. The third-order valence-corrected chi connectivity index (χ3v) is 3.54. The Balaban J connectivity index is 1.90. The molecule has 2 rings (SSSR count). The normalized spacial score (nSPS) is 20.6. The van der Waals surface area contributed by atoms with Crippen LogP contribution in [0.15, 0.2) is 23.0 Å². The third kappa shape index (κ3) is 3.09. The Labute approximate surface area is 103 Å². The first-order valence-electron chi connectivity index (χ1n) is 6.53. The average molecular weight is 237 g/mol. The molecule has 1 atom stereocenters. The van der Waals surface area contributed by atoms with Crippen molar-refractivity contribution in [2.24, 2.45) is 5.73 Å². The van der Waals surface area contributed by atoms with E-state index in [4.69, 9.17) is 10.2 Å². The first-order chi connectivity index (χ1) is 8.35. The first-order valence-corrected chi connectivity index (χ1v) is 6.53. The molecule has 0 radical (unpaired) electrons. The second-order valence-corrected chi connectivity index (χ2v) is 4.69. The minimum absolute atomic E-state index is 0.317. The highest BCUT2D eigenvalue weighted by atomic mass is 16.3. The van der Waals surface area contributed by atoms with E-state index in [9.17, 15) is 0 Å². The zero-order valence-electron chi connectivity index (χ0n) is 10.6. The van der Waals surface area contributed by atoms with Gasteiger partial charge in [0, 0.05) is 38.3 Å². The van der Waals surface area contributed by atoms with E-state index in [-0.39, 0.29) is 0 Å². The summed E-state index contributed by atoms with van der Waals surface area (Å²) in [4.78, 5) is 5.00. The molecule has 17 heavy (non-hydrogen) atoms. The van der Waals surface area contributed by atoms with Gasteiger partial charge in [0.25, 0.3) is 0 Å². The molecular weight excluding hydrogens is 214 g/mol. The molecule has 4 nitrogen and oxygen atoms in total. The van der Waals surface area contributed by atoms with Gasteiger partial charge in [-0.1, -0.05) is 6.92 Å². The van der Waals surface area contributed by atoms with Gasteiger partial charge >= 0.3 is 0 Å². The summed E-state index contributed by atoms with van der Waals surface area (Å²) in [6, 6.07) is 2.34. The van der Waals surface area contributed by atoms with Gasteiger partial charge in [0.1, 0.15) is 0 Å². The fourth-order valence-electron chi connectivity index (χ4n) is 2.58. The van der Waals surface area contributed by atoms with Gasteiger partial charge in [0.2, 0.25) is 0 Å². The van der Waals surface area contributed by atoms with Crippen molar-refractivity contribution < 1.29 is 4.42 Å². The van der Waals surface area contributed by atoms with Crippen molar-refractivity contribution in [1.29, 1.82) is 0 Å². The van der Waals surface area contributed by atoms with Crippen LogP contribution >= 0.6 is 0 Å². The molecule has 4 heteroatoms. The van der Waals surface area contributed by atoms with E-state index < -0.39 is 0 Å². The molecule has 1 saturated heterocycles. The molecule has 1 fully saturated rings. The fourth-order valence-corrected chi connectivity index (χ4v) is 2.58. The first kappa shape index (κ1) is 12.6. The summed E-state index contributed by atoms with van der Waals surface area (Å²) >= 11 is 0. The van der Waals surface area contributed by atoms with Crippen LogP contribution in [-0.2, 0) is 0 Å². The smallest absolute Gasteiger partial charge is 0.0950 e. The van der Waals surface area contributed by atoms with Gasteiger partial charge in [-0.15, -0.1) is 0 Å². The standard InChI is InChI=1S/C13H23N3O/c1-2-4-15-5-7-16(8-6-15)13(10-14)12-3-9-17-11-12/h3,9,11,13H,2,4-8,10,14H2,1H3. The zero-order chi connectivity index (χ0) is 12.1. The highest BCUT2D eigenvalue weighted by Gasteiger charge is 2.24. The molecule has 0 saturated carbocycles. The van der Waals surface area contributed by atoms with E-state index >= 15 is 0 Å². The predicted octanol–water partition coefficient (Wildman–Crippen LogP) is 1.31. The second kappa shape index (κ2) is 6.19. The van der Waals surface area contributed by atoms with Crippen molar-refractivity contribution in [2.75, 3.05) is 39.3 Å². The quantitative estimate of drug-likeness (QED) is 0.838. The monoisotopic (exact) mass is 237 g/mol. The molecule has 1 aliphatic rings. The summed E-state index contributed by atoms with van der Waals surface area (Å²) in [5.74, 6) is 0. The van der Waals surface area contributed by atoms with Crippen LogP contribution in [-0.4, -0.2) is 49.1 Å². The zero-order valence-corrected chi connectivity index (χ0v) is 10.6. The van der Waals surface area contributed by atoms with Crippen molar-refractivity contribution in [1.82, 2.24) is 9.80 Å². The van der Waals surface area contributed by atoms with Crippen molar-refractivity contribution in [3.8, 4) is 0 Å². The fraction of sp³-hybridized carbons (Fsp3) is 0.692. The minimum atomic E-state index is 0.317. The number of nitrogens with two attached hydrogens (primary N) is 1. The molecule has 1 aliphatic heterocycles. The Hall–Kier alpha value is -0.840. The summed E-state index contributed by atoms with van der Waals surface area (Å²) in [6.07, 6.45) is 4.78. The SMILES string of the molecule is CCCN1CCN(C(CN)c2ccoc2)CC1. The van der Waals surface area contributed by atoms with E-state index in [1.54, 1.807) is 6.26 Å². The number of piperazine rings is 1. The number of rotatable bonds is 5. The van der Waals surface area contributed by atoms with E-state index in [0.29, 0.717) is 12.6 Å². The van der Waals surface area contributed by atoms with Gasteiger partial charge in [-0.2, -0.15) is 0 Å². The molecule has 0 aromatic carbocycles. The predicted molar refractivity (Wildman–Crippen MR) is 68.8 cm³/mol. The van der Waals surface area contributed by atoms with Crippen LogP contribution in [0.4, 0.5) is 0 Å². The Kier molecular flexibility index (Phi) is 4.59. The molecule has 0 aliphatic carbocycles. The molecule has 1 unspecified atom stereocenters. The van der Waals surface area contributed by atoms with Crippen LogP contribution in [0.3, 0.4) is 0 Å². The maximum atomic E-state index is 5.89. The summed E-state index contributed by atoms with van der Waals surface area (Å²) in [6.45, 7) is 8.63. The van der Waals surface area contributed by atoms with Crippen LogP contribution in [0.25, 0.3) is 0 Å². The lowest BCUT2D eigenvalue weighted by molar-refractivity contribution is 0.0983. The van der Waals surface area contributed by atoms with Crippen LogP contribution in [0.5, 0.6) is 0 Å². The summed E-state index contributed by atoms with van der Waals surface area (Å²) in [5.41, 5.74) is 7.10. The number of nitrogens with zero attached hydrogens (tertiary/aromatic N) is 2. The summed E-state index contributed by atoms with van der Waals surface area (Å²) < 4.78 is 5.16. The highest BCUT2D eigenvalue weighted by molar-refractivity contribution is 5.12. The van der Waals surface area contributed by atoms with E-state index in [2.05, 4.69) is 16.7 Å². The Bertz CT molecular complexity index is 304. The average Bonchev–Trinajstić information content (AvgIpc) is 2.86. The van der Waals surface area contributed by atoms with Crippen molar-refractivity contribution in [3.63, 3.8) is 0 Å². The number of furan rings is 1. The molecule has 1 aromatic rings. The lowest BCUT2D eigenvalue weighted by Crippen LogP contribution is -2.49. The van der Waals surface area contributed by atoms with Crippen LogP contribution in [0.1, 0.15) is 24.9 Å². The minimum Gasteiger partial charge on any atom is -0.472 e. The Morgan fingerprint density at radius 2 is 2.12 bits per heavy atom. The molecule has 96 valence electrons. The lowest BCUT2D eigenvalue weighted by atomic mass is 10.1. The maximum absolute atomic E-state index is 5.89. The Morgan fingerprint density at radius 1 is 1.35 bits per heavy atom. The molecule has 1 aromatic heterocycles. The van der Waals surface area contributed by atoms with Crippen molar-refractivity contribution >= 4 is 0 Å². The number of hydrogen-bond donors (Lipinski definition) is 1. The molecule has 0 amide bonds. The topological polar surface area (TPSA) is 45.6 Å². The maximum Gasteiger partial charge on any atom is 0.0950 e. The molecule has 2 N–H and O–H groups in total. The van der Waals surface area contributed by atoms with E-state index in [1.807, 2.05) is 12.3 Å². The third-order valence-electron chi connectivity index (χ3n) is 3.54. The van der Waals surface area contributed by atoms with Gasteiger partial charge in [-0.25, -0.2) is 0 Å². The largest absolute Gasteiger partial charge is 0.472 e. The van der Waals surface area contributed by atoms with E-state index in [0.717, 1.165) is 26.2 Å². The van der Waals surface area contributed by atoms with Crippen molar-refractivity contribution in [3.05, 3.63) is 24.2 Å². The lowest BCUT2D eigenvalue weighted by Gasteiger charge is -2.38. The molecular formula is C13H23N3O.